The summed E-state index contributed by atoms with van der Waals surface area (Å²) >= 11 is 5.77. The van der Waals surface area contributed by atoms with Crippen molar-refractivity contribution in [2.45, 2.75) is 19.8 Å². The van der Waals surface area contributed by atoms with E-state index in [4.69, 9.17) is 16.3 Å². The maximum Gasteiger partial charge on any atom is 0.310 e. The number of carbonyl (C=O) groups is 1. The van der Waals surface area contributed by atoms with Gasteiger partial charge in [-0.05, 0) is 31.9 Å². The molecule has 1 fully saturated rings. The Hall–Kier alpha value is -1.29. The van der Waals surface area contributed by atoms with E-state index in [0.29, 0.717) is 18.3 Å². The normalized spacial score (nSPS) is 19.7. The molecule has 0 radical (unpaired) electrons. The lowest BCUT2D eigenvalue weighted by Crippen LogP contribution is -2.39. The van der Waals surface area contributed by atoms with Crippen molar-refractivity contribution in [1.29, 1.82) is 0 Å². The SMILES string of the molecule is CCOC(=O)C1CCCN(c2ccc(Cl)nc2)C1. The first kappa shape index (κ1) is 13.1. The minimum atomic E-state index is -0.0934. The average molecular weight is 269 g/mol. The molecule has 2 rings (SSSR count). The Morgan fingerprint density at radius 1 is 1.61 bits per heavy atom. The molecular weight excluding hydrogens is 252 g/mol. The molecule has 0 aromatic carbocycles. The van der Waals surface area contributed by atoms with Gasteiger partial charge in [-0.3, -0.25) is 4.79 Å². The first-order valence-corrected chi connectivity index (χ1v) is 6.61. The Morgan fingerprint density at radius 2 is 2.44 bits per heavy atom. The standard InChI is InChI=1S/C13H17ClN2O2/c1-2-18-13(17)10-4-3-7-16(9-10)11-5-6-12(14)15-8-11/h5-6,8,10H,2-4,7,9H2,1H3. The number of aromatic nitrogens is 1. The number of ether oxygens (including phenoxy) is 1. The van der Waals surface area contributed by atoms with Crippen molar-refractivity contribution in [3.63, 3.8) is 0 Å². The molecule has 1 unspecified atom stereocenters. The molecule has 1 aliphatic heterocycles. The zero-order valence-corrected chi connectivity index (χ0v) is 11.2. The fraction of sp³-hybridized carbons (Fsp3) is 0.538. The lowest BCUT2D eigenvalue weighted by Gasteiger charge is -2.32. The molecule has 1 atom stereocenters. The van der Waals surface area contributed by atoms with Gasteiger partial charge in [0.05, 0.1) is 24.4 Å². The van der Waals surface area contributed by atoms with Crippen LogP contribution in [0.1, 0.15) is 19.8 Å². The van der Waals surface area contributed by atoms with Gasteiger partial charge in [0.1, 0.15) is 5.15 Å². The van der Waals surface area contributed by atoms with Crippen LogP contribution in [0.25, 0.3) is 0 Å². The summed E-state index contributed by atoms with van der Waals surface area (Å²) in [7, 11) is 0. The van der Waals surface area contributed by atoms with Crippen molar-refractivity contribution in [3.8, 4) is 0 Å². The van der Waals surface area contributed by atoms with Gasteiger partial charge < -0.3 is 9.64 Å². The van der Waals surface area contributed by atoms with Crippen LogP contribution in [-0.4, -0.2) is 30.6 Å². The number of hydrogen-bond donors (Lipinski definition) is 0. The van der Waals surface area contributed by atoms with E-state index in [1.807, 2.05) is 13.0 Å². The maximum absolute atomic E-state index is 11.7. The smallest absolute Gasteiger partial charge is 0.310 e. The van der Waals surface area contributed by atoms with Gasteiger partial charge in [-0.2, -0.15) is 0 Å². The van der Waals surface area contributed by atoms with Gasteiger partial charge in [-0.15, -0.1) is 0 Å². The van der Waals surface area contributed by atoms with Crippen molar-refractivity contribution >= 4 is 23.3 Å². The highest BCUT2D eigenvalue weighted by atomic mass is 35.5. The molecule has 1 aliphatic rings. The van der Waals surface area contributed by atoms with Crippen LogP contribution in [-0.2, 0) is 9.53 Å². The first-order chi connectivity index (χ1) is 8.70. The molecule has 0 aliphatic carbocycles. The van der Waals surface area contributed by atoms with Gasteiger partial charge in [0, 0.05) is 13.1 Å². The highest BCUT2D eigenvalue weighted by Crippen LogP contribution is 2.24. The van der Waals surface area contributed by atoms with E-state index in [-0.39, 0.29) is 11.9 Å². The van der Waals surface area contributed by atoms with Crippen molar-refractivity contribution in [2.24, 2.45) is 5.92 Å². The monoisotopic (exact) mass is 268 g/mol. The minimum Gasteiger partial charge on any atom is -0.466 e. The van der Waals surface area contributed by atoms with E-state index in [2.05, 4.69) is 9.88 Å². The second-order valence-corrected chi connectivity index (χ2v) is 4.76. The molecule has 98 valence electrons. The number of piperidine rings is 1. The van der Waals surface area contributed by atoms with Crippen LogP contribution < -0.4 is 4.90 Å². The van der Waals surface area contributed by atoms with E-state index in [0.717, 1.165) is 25.1 Å². The van der Waals surface area contributed by atoms with Gasteiger partial charge in [-0.25, -0.2) is 4.98 Å². The minimum absolute atomic E-state index is 0.0330. The first-order valence-electron chi connectivity index (χ1n) is 6.24. The quantitative estimate of drug-likeness (QED) is 0.624. The number of anilines is 1. The third-order valence-electron chi connectivity index (χ3n) is 3.12. The van der Waals surface area contributed by atoms with Gasteiger partial charge in [-0.1, -0.05) is 11.6 Å². The van der Waals surface area contributed by atoms with E-state index in [9.17, 15) is 4.79 Å². The van der Waals surface area contributed by atoms with Gasteiger partial charge >= 0.3 is 5.97 Å². The van der Waals surface area contributed by atoms with Crippen LogP contribution >= 0.6 is 11.6 Å². The number of halogens is 1. The third-order valence-corrected chi connectivity index (χ3v) is 3.34. The largest absolute Gasteiger partial charge is 0.466 e. The molecule has 1 aromatic rings. The predicted octanol–water partition coefficient (Wildman–Crippen LogP) is 2.51. The molecule has 0 amide bonds. The van der Waals surface area contributed by atoms with Crippen LogP contribution in [0.4, 0.5) is 5.69 Å². The Balaban J connectivity index is 2.02. The molecule has 0 N–H and O–H groups in total. The molecule has 5 heteroatoms. The molecule has 2 heterocycles. The van der Waals surface area contributed by atoms with Crippen LogP contribution in [0, 0.1) is 5.92 Å². The van der Waals surface area contributed by atoms with Crippen LogP contribution in [0.5, 0.6) is 0 Å². The second-order valence-electron chi connectivity index (χ2n) is 4.38. The number of hydrogen-bond acceptors (Lipinski definition) is 4. The summed E-state index contributed by atoms with van der Waals surface area (Å²) in [5.41, 5.74) is 1.01. The van der Waals surface area contributed by atoms with Crippen LogP contribution in [0.15, 0.2) is 18.3 Å². The van der Waals surface area contributed by atoms with E-state index >= 15 is 0 Å². The van der Waals surface area contributed by atoms with Crippen molar-refractivity contribution in [2.75, 3.05) is 24.6 Å². The lowest BCUT2D eigenvalue weighted by molar-refractivity contribution is -0.148. The fourth-order valence-corrected chi connectivity index (χ4v) is 2.33. The average Bonchev–Trinajstić information content (AvgIpc) is 2.40. The summed E-state index contributed by atoms with van der Waals surface area (Å²) in [5, 5.41) is 0.484. The highest BCUT2D eigenvalue weighted by Gasteiger charge is 2.26. The number of pyridine rings is 1. The van der Waals surface area contributed by atoms with Crippen LogP contribution in [0.3, 0.4) is 0 Å². The van der Waals surface area contributed by atoms with Gasteiger partial charge in [0.25, 0.3) is 0 Å². The second kappa shape index (κ2) is 6.05. The third kappa shape index (κ3) is 3.13. The number of esters is 1. The Kier molecular flexibility index (Phi) is 4.42. The Labute approximate surface area is 112 Å². The molecular formula is C13H17ClN2O2. The Bertz CT molecular complexity index is 408. The molecule has 1 saturated heterocycles. The lowest BCUT2D eigenvalue weighted by atomic mass is 9.98. The van der Waals surface area contributed by atoms with E-state index in [1.54, 1.807) is 12.3 Å². The summed E-state index contributed by atoms with van der Waals surface area (Å²) in [6, 6.07) is 3.70. The van der Waals surface area contributed by atoms with E-state index < -0.39 is 0 Å². The summed E-state index contributed by atoms with van der Waals surface area (Å²) in [6.45, 7) is 3.92. The molecule has 0 saturated carbocycles. The van der Waals surface area contributed by atoms with E-state index in [1.165, 1.54) is 0 Å². The molecule has 0 spiro atoms. The number of rotatable bonds is 3. The summed E-state index contributed by atoms with van der Waals surface area (Å²) in [4.78, 5) is 18.0. The zero-order chi connectivity index (χ0) is 13.0. The zero-order valence-electron chi connectivity index (χ0n) is 10.4. The molecule has 1 aromatic heterocycles. The van der Waals surface area contributed by atoms with Crippen molar-refractivity contribution in [3.05, 3.63) is 23.5 Å². The number of nitrogens with zero attached hydrogens (tertiary/aromatic N) is 2. The fourth-order valence-electron chi connectivity index (χ4n) is 2.22. The summed E-state index contributed by atoms with van der Waals surface area (Å²) in [6.07, 6.45) is 3.64. The summed E-state index contributed by atoms with van der Waals surface area (Å²) < 4.78 is 5.08. The highest BCUT2D eigenvalue weighted by molar-refractivity contribution is 6.29. The van der Waals surface area contributed by atoms with Crippen LogP contribution in [0.2, 0.25) is 5.15 Å². The molecule has 0 bridgehead atoms. The maximum atomic E-state index is 11.7. The Morgan fingerprint density at radius 3 is 3.11 bits per heavy atom. The van der Waals surface area contributed by atoms with Crippen molar-refractivity contribution < 1.29 is 9.53 Å². The molecule has 18 heavy (non-hydrogen) atoms. The molecule has 4 nitrogen and oxygen atoms in total. The van der Waals surface area contributed by atoms with Crippen molar-refractivity contribution in [1.82, 2.24) is 4.98 Å². The topological polar surface area (TPSA) is 42.4 Å². The van der Waals surface area contributed by atoms with Gasteiger partial charge in [0.15, 0.2) is 0 Å². The van der Waals surface area contributed by atoms with Gasteiger partial charge in [0.2, 0.25) is 0 Å². The predicted molar refractivity (Wildman–Crippen MR) is 70.8 cm³/mol. The summed E-state index contributed by atoms with van der Waals surface area (Å²) in [5.74, 6) is -0.126. The number of carbonyl (C=O) groups excluding carboxylic acids is 1.